The molecule has 1 unspecified atom stereocenters. The molecule has 0 amide bonds. The van der Waals surface area contributed by atoms with Gasteiger partial charge in [0.25, 0.3) is 0 Å². The van der Waals surface area contributed by atoms with E-state index in [2.05, 4.69) is 18.4 Å². The Bertz CT molecular complexity index is 495. The summed E-state index contributed by atoms with van der Waals surface area (Å²) in [7, 11) is 0. The molecule has 5 heteroatoms. The first-order chi connectivity index (χ1) is 11.2. The predicted molar refractivity (Wildman–Crippen MR) is 84.4 cm³/mol. The highest BCUT2D eigenvalue weighted by Gasteiger charge is 2.49. The fourth-order valence-corrected chi connectivity index (χ4v) is 2.91. The third-order valence-electron chi connectivity index (χ3n) is 4.21. The Labute approximate surface area is 137 Å². The minimum Gasteiger partial charge on any atom is -0.461 e. The summed E-state index contributed by atoms with van der Waals surface area (Å²) < 4.78 is 15.8. The molecule has 0 aromatic carbocycles. The number of ether oxygens (including phenoxy) is 3. The molecule has 0 spiro atoms. The molecule has 0 bridgehead atoms. The SMILES string of the molecule is C=CCOC(=O)C1(CC#CCCCC2OCCO2)CCCC1=O. The highest BCUT2D eigenvalue weighted by molar-refractivity contribution is 6.05. The van der Waals surface area contributed by atoms with Crippen LogP contribution in [0.4, 0.5) is 0 Å². The van der Waals surface area contributed by atoms with Gasteiger partial charge in [-0.25, -0.2) is 0 Å². The van der Waals surface area contributed by atoms with Gasteiger partial charge in [0, 0.05) is 19.3 Å². The van der Waals surface area contributed by atoms with E-state index in [0.717, 1.165) is 19.3 Å². The molecule has 1 atom stereocenters. The normalized spacial score (nSPS) is 24.3. The standard InChI is InChI=1S/C18H24O5/c1-2-12-23-17(20)18(11-7-8-15(18)19)10-6-4-3-5-9-16-21-13-14-22-16/h2,16H,1,3,5,7-14H2. The van der Waals surface area contributed by atoms with Crippen molar-refractivity contribution in [3.8, 4) is 11.8 Å². The molecule has 1 aliphatic carbocycles. The minimum absolute atomic E-state index is 0.0476. The number of ketones is 1. The summed E-state index contributed by atoms with van der Waals surface area (Å²) >= 11 is 0. The molecule has 0 radical (unpaired) electrons. The van der Waals surface area contributed by atoms with E-state index in [1.807, 2.05) is 0 Å². The number of hydrogen-bond donors (Lipinski definition) is 0. The van der Waals surface area contributed by atoms with Gasteiger partial charge in [0.15, 0.2) is 12.1 Å². The summed E-state index contributed by atoms with van der Waals surface area (Å²) in [6.07, 6.45) is 5.73. The Kier molecular flexibility index (Phi) is 6.82. The molecule has 1 saturated heterocycles. The van der Waals surface area contributed by atoms with Crippen LogP contribution in [0.15, 0.2) is 12.7 Å². The Hall–Kier alpha value is -1.64. The molecule has 2 fully saturated rings. The molecule has 126 valence electrons. The number of carbonyl (C=O) groups excluding carboxylic acids is 2. The molecule has 0 aromatic heterocycles. The van der Waals surface area contributed by atoms with Gasteiger partial charge in [-0.2, -0.15) is 0 Å². The average Bonchev–Trinajstić information content (AvgIpc) is 3.19. The first-order valence-electron chi connectivity index (χ1n) is 8.19. The Morgan fingerprint density at radius 3 is 2.83 bits per heavy atom. The van der Waals surface area contributed by atoms with Crippen LogP contribution in [0, 0.1) is 17.3 Å². The molecule has 1 heterocycles. The number of unbranched alkanes of at least 4 members (excludes halogenated alkanes) is 1. The van der Waals surface area contributed by atoms with Crippen LogP contribution in [-0.4, -0.2) is 37.9 Å². The molecular formula is C18H24O5. The van der Waals surface area contributed by atoms with Crippen molar-refractivity contribution in [1.82, 2.24) is 0 Å². The maximum atomic E-state index is 12.2. The molecule has 0 aromatic rings. The van der Waals surface area contributed by atoms with Crippen molar-refractivity contribution in [2.24, 2.45) is 5.41 Å². The van der Waals surface area contributed by atoms with E-state index >= 15 is 0 Å². The highest BCUT2D eigenvalue weighted by Crippen LogP contribution is 2.39. The van der Waals surface area contributed by atoms with Crippen LogP contribution >= 0.6 is 0 Å². The van der Waals surface area contributed by atoms with Gasteiger partial charge in [-0.3, -0.25) is 9.59 Å². The maximum Gasteiger partial charge on any atom is 0.320 e. The minimum atomic E-state index is -1.06. The summed E-state index contributed by atoms with van der Waals surface area (Å²) in [5.74, 6) is 5.55. The third kappa shape index (κ3) is 4.66. The Morgan fingerprint density at radius 1 is 1.39 bits per heavy atom. The van der Waals surface area contributed by atoms with Crippen LogP contribution in [0.1, 0.15) is 44.9 Å². The van der Waals surface area contributed by atoms with Crippen molar-refractivity contribution in [3.63, 3.8) is 0 Å². The molecule has 2 rings (SSSR count). The van der Waals surface area contributed by atoms with Crippen molar-refractivity contribution in [2.45, 2.75) is 51.2 Å². The van der Waals surface area contributed by atoms with Crippen LogP contribution in [0.25, 0.3) is 0 Å². The molecule has 23 heavy (non-hydrogen) atoms. The lowest BCUT2D eigenvalue weighted by atomic mass is 9.82. The van der Waals surface area contributed by atoms with E-state index in [1.54, 1.807) is 0 Å². The summed E-state index contributed by atoms with van der Waals surface area (Å²) in [4.78, 5) is 24.4. The van der Waals surface area contributed by atoms with Crippen molar-refractivity contribution < 1.29 is 23.8 Å². The highest BCUT2D eigenvalue weighted by atomic mass is 16.7. The summed E-state index contributed by atoms with van der Waals surface area (Å²) in [6, 6.07) is 0. The largest absolute Gasteiger partial charge is 0.461 e. The van der Waals surface area contributed by atoms with E-state index in [9.17, 15) is 9.59 Å². The van der Waals surface area contributed by atoms with Gasteiger partial charge in [-0.15, -0.1) is 11.8 Å². The lowest BCUT2D eigenvalue weighted by Crippen LogP contribution is -2.36. The third-order valence-corrected chi connectivity index (χ3v) is 4.21. The zero-order chi connectivity index (χ0) is 16.5. The van der Waals surface area contributed by atoms with E-state index in [0.29, 0.717) is 32.5 Å². The van der Waals surface area contributed by atoms with Crippen molar-refractivity contribution in [2.75, 3.05) is 19.8 Å². The molecule has 2 aliphatic rings. The number of rotatable bonds is 7. The van der Waals surface area contributed by atoms with E-state index in [-0.39, 0.29) is 25.1 Å². The zero-order valence-electron chi connectivity index (χ0n) is 13.5. The monoisotopic (exact) mass is 320 g/mol. The summed E-state index contributed by atoms with van der Waals surface area (Å²) in [5.41, 5.74) is -1.06. The molecule has 1 saturated carbocycles. The fourth-order valence-electron chi connectivity index (χ4n) is 2.91. The second kappa shape index (κ2) is 8.85. The smallest absolute Gasteiger partial charge is 0.320 e. The second-order valence-corrected chi connectivity index (χ2v) is 5.84. The van der Waals surface area contributed by atoms with E-state index in [1.165, 1.54) is 6.08 Å². The van der Waals surface area contributed by atoms with Crippen molar-refractivity contribution >= 4 is 11.8 Å². The Morgan fingerprint density at radius 2 is 2.17 bits per heavy atom. The van der Waals surface area contributed by atoms with Gasteiger partial charge in [-0.05, 0) is 25.7 Å². The molecular weight excluding hydrogens is 296 g/mol. The van der Waals surface area contributed by atoms with Gasteiger partial charge >= 0.3 is 5.97 Å². The van der Waals surface area contributed by atoms with Crippen molar-refractivity contribution in [1.29, 1.82) is 0 Å². The van der Waals surface area contributed by atoms with Gasteiger partial charge in [0.05, 0.1) is 13.2 Å². The van der Waals surface area contributed by atoms with Crippen LogP contribution in [0.2, 0.25) is 0 Å². The molecule has 0 N–H and O–H groups in total. The zero-order valence-corrected chi connectivity index (χ0v) is 13.5. The van der Waals surface area contributed by atoms with Crippen molar-refractivity contribution in [3.05, 3.63) is 12.7 Å². The predicted octanol–water partition coefficient (Wildman–Crippen LogP) is 2.39. The van der Waals surface area contributed by atoms with Crippen LogP contribution in [-0.2, 0) is 23.8 Å². The topological polar surface area (TPSA) is 61.8 Å². The number of carbonyl (C=O) groups is 2. The summed E-state index contributed by atoms with van der Waals surface area (Å²) in [5, 5.41) is 0. The number of Topliss-reactive ketones (excluding diaryl/α,β-unsaturated/α-hetero) is 1. The lowest BCUT2D eigenvalue weighted by Gasteiger charge is -2.22. The molecule has 1 aliphatic heterocycles. The van der Waals surface area contributed by atoms with E-state index < -0.39 is 11.4 Å². The summed E-state index contributed by atoms with van der Waals surface area (Å²) in [6.45, 7) is 4.97. The van der Waals surface area contributed by atoms with Crippen LogP contribution in [0.3, 0.4) is 0 Å². The first kappa shape index (κ1) is 17.7. The van der Waals surface area contributed by atoms with Gasteiger partial charge in [0.2, 0.25) is 0 Å². The lowest BCUT2D eigenvalue weighted by molar-refractivity contribution is -0.157. The first-order valence-corrected chi connectivity index (χ1v) is 8.19. The molecule has 5 nitrogen and oxygen atoms in total. The number of hydrogen-bond acceptors (Lipinski definition) is 5. The fraction of sp³-hybridized carbons (Fsp3) is 0.667. The maximum absolute atomic E-state index is 12.2. The van der Waals surface area contributed by atoms with Gasteiger partial charge in [0.1, 0.15) is 12.0 Å². The van der Waals surface area contributed by atoms with Crippen LogP contribution in [0.5, 0.6) is 0 Å². The van der Waals surface area contributed by atoms with Gasteiger partial charge in [-0.1, -0.05) is 12.7 Å². The quantitative estimate of drug-likeness (QED) is 0.237. The van der Waals surface area contributed by atoms with Crippen LogP contribution < -0.4 is 0 Å². The second-order valence-electron chi connectivity index (χ2n) is 5.84. The average molecular weight is 320 g/mol. The Balaban J connectivity index is 1.81. The number of esters is 1. The van der Waals surface area contributed by atoms with E-state index in [4.69, 9.17) is 14.2 Å². The van der Waals surface area contributed by atoms with Gasteiger partial charge < -0.3 is 14.2 Å².